The van der Waals surface area contributed by atoms with E-state index in [1.165, 1.54) is 10.8 Å². The fourth-order valence-corrected chi connectivity index (χ4v) is 4.78. The predicted molar refractivity (Wildman–Crippen MR) is 127 cm³/mol. The van der Waals surface area contributed by atoms with Crippen molar-refractivity contribution in [1.82, 2.24) is 15.6 Å². The van der Waals surface area contributed by atoms with Crippen LogP contribution in [0.5, 0.6) is 0 Å². The Balaban J connectivity index is 1.31. The summed E-state index contributed by atoms with van der Waals surface area (Å²) in [5.41, 5.74) is 2.18. The Labute approximate surface area is 193 Å². The standard InChI is InChI=1S/C27H26N4O2/c1-28-31-16-13-21(18-31)25(32)29-17-20-8-3-5-11-23(20)26(33)30-27(14-15-27)24-12-6-9-19-7-2-4-10-22(19)24/h2-12,21H,13-18H2,(H,29,32)(H,30,33). The summed E-state index contributed by atoms with van der Waals surface area (Å²) in [5, 5.41) is 10.2. The van der Waals surface area contributed by atoms with E-state index < -0.39 is 0 Å². The molecule has 1 heterocycles. The zero-order chi connectivity index (χ0) is 22.8. The molecular formula is C27H26N4O2. The Morgan fingerprint density at radius 1 is 1.03 bits per heavy atom. The van der Waals surface area contributed by atoms with Gasteiger partial charge in [-0.05, 0) is 47.2 Å². The summed E-state index contributed by atoms with van der Waals surface area (Å²) in [4.78, 5) is 29.3. The molecule has 1 aliphatic heterocycles. The van der Waals surface area contributed by atoms with E-state index in [0.717, 1.165) is 24.0 Å². The van der Waals surface area contributed by atoms with E-state index >= 15 is 0 Å². The van der Waals surface area contributed by atoms with Crippen molar-refractivity contribution in [2.75, 3.05) is 13.1 Å². The molecule has 0 bridgehead atoms. The molecule has 3 aromatic carbocycles. The highest BCUT2D eigenvalue weighted by Gasteiger charge is 2.46. The van der Waals surface area contributed by atoms with Gasteiger partial charge in [-0.25, -0.2) is 0 Å². The number of carbonyl (C=O) groups excluding carboxylic acids is 2. The van der Waals surface area contributed by atoms with Gasteiger partial charge in [-0.1, -0.05) is 60.7 Å². The molecule has 1 unspecified atom stereocenters. The fraction of sp³-hybridized carbons (Fsp3) is 0.296. The summed E-state index contributed by atoms with van der Waals surface area (Å²) < 4.78 is 0. The maximum Gasteiger partial charge on any atom is 0.252 e. The molecule has 1 saturated carbocycles. The molecule has 3 aromatic rings. The van der Waals surface area contributed by atoms with Crippen molar-refractivity contribution in [2.24, 2.45) is 5.92 Å². The molecule has 2 amide bonds. The van der Waals surface area contributed by atoms with Crippen LogP contribution in [-0.2, 0) is 16.9 Å². The molecule has 0 radical (unpaired) electrons. The lowest BCUT2D eigenvalue weighted by atomic mass is 9.96. The lowest BCUT2D eigenvalue weighted by Crippen LogP contribution is -2.36. The third kappa shape index (κ3) is 4.14. The number of hydrogen-bond donors (Lipinski definition) is 2. The monoisotopic (exact) mass is 438 g/mol. The maximum atomic E-state index is 13.3. The Morgan fingerprint density at radius 2 is 1.79 bits per heavy atom. The van der Waals surface area contributed by atoms with Crippen LogP contribution in [0.25, 0.3) is 15.7 Å². The van der Waals surface area contributed by atoms with Crippen LogP contribution in [0.15, 0.2) is 66.7 Å². The van der Waals surface area contributed by atoms with E-state index in [0.29, 0.717) is 25.1 Å². The van der Waals surface area contributed by atoms with Crippen molar-refractivity contribution in [1.29, 1.82) is 0 Å². The molecule has 1 saturated heterocycles. The topological polar surface area (TPSA) is 65.8 Å². The molecule has 2 N–H and O–H groups in total. The van der Waals surface area contributed by atoms with Gasteiger partial charge in [-0.15, -0.1) is 5.01 Å². The zero-order valence-electron chi connectivity index (χ0n) is 18.4. The molecule has 6 heteroatoms. The summed E-state index contributed by atoms with van der Waals surface area (Å²) in [6.07, 6.45) is 2.50. The number of fused-ring (bicyclic) bond motifs is 1. The van der Waals surface area contributed by atoms with Crippen LogP contribution in [0.4, 0.5) is 0 Å². The smallest absolute Gasteiger partial charge is 0.252 e. The van der Waals surface area contributed by atoms with Gasteiger partial charge in [-0.2, -0.15) is 11.5 Å². The summed E-state index contributed by atoms with van der Waals surface area (Å²) in [6.45, 7) is 8.48. The SMILES string of the molecule is [C-]#[N+]N1CCC(C(=O)NCc2ccccc2C(=O)NC2(c3cccc4ccccc34)CC2)C1. The average Bonchev–Trinajstić information content (AvgIpc) is 3.46. The minimum atomic E-state index is -0.346. The largest absolute Gasteiger partial charge is 0.352 e. The first kappa shape index (κ1) is 21.0. The highest BCUT2D eigenvalue weighted by molar-refractivity contribution is 5.97. The van der Waals surface area contributed by atoms with Crippen molar-refractivity contribution < 1.29 is 9.59 Å². The van der Waals surface area contributed by atoms with Gasteiger partial charge in [0.25, 0.3) is 5.91 Å². The molecule has 5 rings (SSSR count). The summed E-state index contributed by atoms with van der Waals surface area (Å²) >= 11 is 0. The lowest BCUT2D eigenvalue weighted by molar-refractivity contribution is -0.124. The van der Waals surface area contributed by atoms with E-state index in [2.05, 4.69) is 39.9 Å². The third-order valence-electron chi connectivity index (χ3n) is 6.80. The number of hydrogen-bond acceptors (Lipinski definition) is 3. The Kier molecular flexibility index (Phi) is 5.47. The lowest BCUT2D eigenvalue weighted by Gasteiger charge is -2.21. The van der Waals surface area contributed by atoms with Gasteiger partial charge in [0.05, 0.1) is 24.5 Å². The minimum Gasteiger partial charge on any atom is -0.352 e. The highest BCUT2D eigenvalue weighted by Crippen LogP contribution is 2.48. The second-order valence-corrected chi connectivity index (χ2v) is 8.94. The molecule has 0 spiro atoms. The van der Waals surface area contributed by atoms with Crippen LogP contribution >= 0.6 is 0 Å². The molecule has 2 fully saturated rings. The van der Waals surface area contributed by atoms with Crippen LogP contribution < -0.4 is 10.6 Å². The quantitative estimate of drug-likeness (QED) is 0.571. The molecule has 2 aliphatic rings. The van der Waals surface area contributed by atoms with Gasteiger partial charge < -0.3 is 10.6 Å². The van der Waals surface area contributed by atoms with Crippen molar-refractivity contribution in [3.05, 3.63) is 94.9 Å². The van der Waals surface area contributed by atoms with Crippen LogP contribution in [0.3, 0.4) is 0 Å². The molecule has 33 heavy (non-hydrogen) atoms. The number of benzene rings is 3. The van der Waals surface area contributed by atoms with E-state index in [4.69, 9.17) is 6.57 Å². The van der Waals surface area contributed by atoms with Crippen molar-refractivity contribution in [3.63, 3.8) is 0 Å². The number of nitrogens with one attached hydrogen (secondary N) is 2. The Bertz CT molecular complexity index is 1250. The summed E-state index contributed by atoms with van der Waals surface area (Å²) in [7, 11) is 0. The molecule has 166 valence electrons. The van der Waals surface area contributed by atoms with E-state index in [9.17, 15) is 9.59 Å². The second-order valence-electron chi connectivity index (χ2n) is 8.94. The van der Waals surface area contributed by atoms with Gasteiger partial charge in [0.1, 0.15) is 0 Å². The first-order valence-corrected chi connectivity index (χ1v) is 11.4. The highest BCUT2D eigenvalue weighted by atomic mass is 16.2. The molecule has 1 atom stereocenters. The normalized spacial score (nSPS) is 18.5. The van der Waals surface area contributed by atoms with Crippen LogP contribution in [-0.4, -0.2) is 29.9 Å². The van der Waals surface area contributed by atoms with Crippen molar-refractivity contribution in [2.45, 2.75) is 31.3 Å². The number of nitrogens with zero attached hydrogens (tertiary/aromatic N) is 2. The number of carbonyl (C=O) groups is 2. The van der Waals surface area contributed by atoms with Crippen molar-refractivity contribution >= 4 is 22.6 Å². The van der Waals surface area contributed by atoms with Gasteiger partial charge in [0.15, 0.2) is 0 Å². The zero-order valence-corrected chi connectivity index (χ0v) is 18.4. The number of amides is 2. The van der Waals surface area contributed by atoms with Crippen LogP contribution in [0.2, 0.25) is 0 Å². The predicted octanol–water partition coefficient (Wildman–Crippen LogP) is 4.03. The van der Waals surface area contributed by atoms with Gasteiger partial charge in [0.2, 0.25) is 5.91 Å². The second kappa shape index (κ2) is 8.59. The van der Waals surface area contributed by atoms with Gasteiger partial charge >= 0.3 is 0 Å². The van der Waals surface area contributed by atoms with Crippen LogP contribution in [0, 0.1) is 12.5 Å². The third-order valence-corrected chi connectivity index (χ3v) is 6.80. The molecule has 1 aliphatic carbocycles. The van der Waals surface area contributed by atoms with Crippen LogP contribution in [0.1, 0.15) is 40.7 Å². The van der Waals surface area contributed by atoms with E-state index in [1.54, 1.807) is 5.01 Å². The summed E-state index contributed by atoms with van der Waals surface area (Å²) in [6, 6.07) is 21.9. The molecular weight excluding hydrogens is 412 g/mol. The Morgan fingerprint density at radius 3 is 2.58 bits per heavy atom. The van der Waals surface area contributed by atoms with E-state index in [-0.39, 0.29) is 29.8 Å². The van der Waals surface area contributed by atoms with Gasteiger partial charge in [-0.3, -0.25) is 9.59 Å². The van der Waals surface area contributed by atoms with Crippen molar-refractivity contribution in [3.8, 4) is 0 Å². The first-order chi connectivity index (χ1) is 16.1. The fourth-order valence-electron chi connectivity index (χ4n) is 4.78. The molecule has 0 aromatic heterocycles. The maximum absolute atomic E-state index is 13.3. The first-order valence-electron chi connectivity index (χ1n) is 11.4. The summed E-state index contributed by atoms with van der Waals surface area (Å²) in [5.74, 6) is -0.364. The number of rotatable bonds is 6. The minimum absolute atomic E-state index is 0.0641. The van der Waals surface area contributed by atoms with Gasteiger partial charge in [0, 0.05) is 12.1 Å². The molecule has 6 nitrogen and oxygen atoms in total. The Hall–Kier alpha value is -3.85. The average molecular weight is 439 g/mol. The van der Waals surface area contributed by atoms with E-state index in [1.807, 2.05) is 42.5 Å².